The van der Waals surface area contributed by atoms with Crippen LogP contribution in [-0.2, 0) is 9.59 Å². The summed E-state index contributed by atoms with van der Waals surface area (Å²) < 4.78 is 0. The minimum atomic E-state index is -0.848. The average molecular weight is 379 g/mol. The zero-order valence-electron chi connectivity index (χ0n) is 14.1. The quantitative estimate of drug-likeness (QED) is 0.422. The Morgan fingerprint density at radius 2 is 1.89 bits per heavy atom. The van der Waals surface area contributed by atoms with Gasteiger partial charge in [0.15, 0.2) is 0 Å². The molecule has 0 saturated carbocycles. The van der Waals surface area contributed by atoms with Crippen molar-refractivity contribution in [3.8, 4) is 0 Å². The van der Waals surface area contributed by atoms with E-state index in [1.54, 1.807) is 43.6 Å². The molecule has 8 nitrogen and oxygen atoms in total. The fraction of sp³-hybridized carbons (Fsp3) is 0.111. The van der Waals surface area contributed by atoms with Gasteiger partial charge in [0.25, 0.3) is 5.78 Å². The third kappa shape index (κ3) is 2.87. The number of hydrogen-bond acceptors (Lipinski definition) is 8. The molecule has 4 rings (SSSR count). The molecule has 134 valence electrons. The van der Waals surface area contributed by atoms with Crippen LogP contribution in [0.1, 0.15) is 22.2 Å². The first kappa shape index (κ1) is 17.0. The number of rotatable bonds is 3. The van der Waals surface area contributed by atoms with Crippen LogP contribution < -0.4 is 4.90 Å². The third-order valence-corrected chi connectivity index (χ3v) is 4.96. The fourth-order valence-electron chi connectivity index (χ4n) is 2.93. The number of aliphatic hydroxyl groups excluding tert-OH is 1. The monoisotopic (exact) mass is 379 g/mol. The first-order chi connectivity index (χ1) is 13.1. The molecule has 0 aromatic carbocycles. The minimum absolute atomic E-state index is 0.0212. The molecule has 27 heavy (non-hydrogen) atoms. The van der Waals surface area contributed by atoms with Gasteiger partial charge in [-0.3, -0.25) is 24.5 Å². The number of nitrogens with zero attached hydrogens (tertiary/aromatic N) is 5. The number of hydrogen-bond donors (Lipinski definition) is 1. The van der Waals surface area contributed by atoms with E-state index in [2.05, 4.69) is 20.2 Å². The largest absolute Gasteiger partial charge is 0.507 e. The summed E-state index contributed by atoms with van der Waals surface area (Å²) in [6, 6.07) is 5.73. The van der Waals surface area contributed by atoms with Crippen molar-refractivity contribution in [1.29, 1.82) is 0 Å². The van der Waals surface area contributed by atoms with Crippen molar-refractivity contribution in [1.82, 2.24) is 20.2 Å². The number of aliphatic hydroxyl groups is 1. The lowest BCUT2D eigenvalue weighted by Crippen LogP contribution is -2.29. The van der Waals surface area contributed by atoms with Crippen LogP contribution in [0.2, 0.25) is 0 Å². The first-order valence-corrected chi connectivity index (χ1v) is 8.81. The van der Waals surface area contributed by atoms with E-state index in [4.69, 9.17) is 0 Å². The lowest BCUT2D eigenvalue weighted by atomic mass is 9.97. The Morgan fingerprint density at radius 3 is 2.52 bits per heavy atom. The molecule has 1 aliphatic heterocycles. The molecule has 1 amide bonds. The van der Waals surface area contributed by atoms with Gasteiger partial charge in [0.1, 0.15) is 10.8 Å². The summed E-state index contributed by atoms with van der Waals surface area (Å²) in [5.41, 5.74) is 0.956. The van der Waals surface area contributed by atoms with E-state index in [-0.39, 0.29) is 16.5 Å². The van der Waals surface area contributed by atoms with Crippen LogP contribution in [0.3, 0.4) is 0 Å². The van der Waals surface area contributed by atoms with Crippen LogP contribution >= 0.6 is 11.3 Å². The highest BCUT2D eigenvalue weighted by Crippen LogP contribution is 2.42. The summed E-state index contributed by atoms with van der Waals surface area (Å²) in [7, 11) is 0. The van der Waals surface area contributed by atoms with E-state index in [9.17, 15) is 14.7 Å². The van der Waals surface area contributed by atoms with Gasteiger partial charge in [-0.25, -0.2) is 0 Å². The Bertz CT molecular complexity index is 1050. The molecule has 1 saturated heterocycles. The second kappa shape index (κ2) is 6.69. The average Bonchev–Trinajstić information content (AvgIpc) is 3.24. The van der Waals surface area contributed by atoms with Gasteiger partial charge in [-0.2, -0.15) is 0 Å². The smallest absolute Gasteiger partial charge is 0.301 e. The number of Topliss-reactive ketones (excluding diaryl/α,β-unsaturated/α-hetero) is 1. The molecular formula is C18H13N5O3S. The van der Waals surface area contributed by atoms with Crippen LogP contribution in [0, 0.1) is 6.92 Å². The van der Waals surface area contributed by atoms with Crippen LogP contribution in [0.4, 0.5) is 5.13 Å². The fourth-order valence-corrected chi connectivity index (χ4v) is 3.65. The molecule has 1 atom stereocenters. The molecule has 1 aliphatic rings. The lowest BCUT2D eigenvalue weighted by molar-refractivity contribution is -0.132. The zero-order valence-corrected chi connectivity index (χ0v) is 14.9. The van der Waals surface area contributed by atoms with Crippen molar-refractivity contribution < 1.29 is 14.7 Å². The number of carbonyl (C=O) groups is 2. The molecule has 1 fully saturated rings. The SMILES string of the molecule is Cc1nnc(N2C(=O)C(=O)/C(=C(/O)c3ccncc3)C2c2cccnc2)s1. The van der Waals surface area contributed by atoms with Gasteiger partial charge in [0, 0.05) is 30.4 Å². The number of pyridine rings is 2. The molecule has 0 aliphatic carbocycles. The Hall–Kier alpha value is -3.46. The maximum atomic E-state index is 12.8. The van der Waals surface area contributed by atoms with Crippen molar-refractivity contribution in [2.24, 2.45) is 0 Å². The topological polar surface area (TPSA) is 109 Å². The normalized spacial score (nSPS) is 18.9. The van der Waals surface area contributed by atoms with Gasteiger partial charge in [0.05, 0.1) is 11.6 Å². The molecule has 1 N–H and O–H groups in total. The highest BCUT2D eigenvalue weighted by molar-refractivity contribution is 7.15. The van der Waals surface area contributed by atoms with Crippen LogP contribution in [0.5, 0.6) is 0 Å². The van der Waals surface area contributed by atoms with Gasteiger partial charge >= 0.3 is 5.91 Å². The van der Waals surface area contributed by atoms with Crippen molar-refractivity contribution in [2.45, 2.75) is 13.0 Å². The second-order valence-corrected chi connectivity index (χ2v) is 6.96. The Labute approximate surface area is 157 Å². The molecule has 3 aromatic rings. The summed E-state index contributed by atoms with van der Waals surface area (Å²) in [5.74, 6) is -1.82. The van der Waals surface area contributed by atoms with Crippen LogP contribution in [0.25, 0.3) is 5.76 Å². The predicted molar refractivity (Wildman–Crippen MR) is 97.9 cm³/mol. The maximum Gasteiger partial charge on any atom is 0.301 e. The van der Waals surface area contributed by atoms with Crippen molar-refractivity contribution in [3.05, 3.63) is 70.8 Å². The molecule has 0 radical (unpaired) electrons. The van der Waals surface area contributed by atoms with Gasteiger partial charge in [-0.05, 0) is 30.7 Å². The zero-order chi connectivity index (χ0) is 19.0. The van der Waals surface area contributed by atoms with E-state index >= 15 is 0 Å². The van der Waals surface area contributed by atoms with Gasteiger partial charge < -0.3 is 5.11 Å². The Kier molecular flexibility index (Phi) is 4.21. The van der Waals surface area contributed by atoms with Gasteiger partial charge in [-0.1, -0.05) is 17.4 Å². The number of aryl methyl sites for hydroxylation is 1. The van der Waals surface area contributed by atoms with Crippen molar-refractivity contribution >= 4 is 33.9 Å². The van der Waals surface area contributed by atoms with Gasteiger partial charge in [0.2, 0.25) is 5.13 Å². The van der Waals surface area contributed by atoms with E-state index in [0.29, 0.717) is 16.1 Å². The number of amides is 1. The molecule has 0 spiro atoms. The van der Waals surface area contributed by atoms with E-state index < -0.39 is 17.7 Å². The standard InChI is InChI=1S/C18H13N5O3S/c1-10-21-22-18(27-10)23-14(12-3-2-6-20-9-12)13(16(25)17(23)26)15(24)11-4-7-19-8-5-11/h2-9,14,24H,1H3/b15-13+. The number of aromatic nitrogens is 4. The van der Waals surface area contributed by atoms with Crippen molar-refractivity contribution in [2.75, 3.05) is 4.90 Å². The molecule has 4 heterocycles. The molecular weight excluding hydrogens is 366 g/mol. The Balaban J connectivity index is 1.94. The summed E-state index contributed by atoms with van der Waals surface area (Å²) >= 11 is 1.19. The van der Waals surface area contributed by atoms with Crippen molar-refractivity contribution in [3.63, 3.8) is 0 Å². The molecule has 1 unspecified atom stereocenters. The van der Waals surface area contributed by atoms with Crippen LogP contribution in [-0.4, -0.2) is 37.0 Å². The number of ketones is 1. The summed E-state index contributed by atoms with van der Waals surface area (Å²) in [6.07, 6.45) is 6.14. The van der Waals surface area contributed by atoms with E-state index in [0.717, 1.165) is 0 Å². The highest BCUT2D eigenvalue weighted by atomic mass is 32.1. The number of carbonyl (C=O) groups excluding carboxylic acids is 2. The molecule has 3 aromatic heterocycles. The van der Waals surface area contributed by atoms with Crippen LogP contribution in [0.15, 0.2) is 54.6 Å². The highest BCUT2D eigenvalue weighted by Gasteiger charge is 2.48. The van der Waals surface area contributed by atoms with Gasteiger partial charge in [-0.15, -0.1) is 10.2 Å². The predicted octanol–water partition coefficient (Wildman–Crippen LogP) is 2.26. The first-order valence-electron chi connectivity index (χ1n) is 7.99. The molecule has 9 heteroatoms. The lowest BCUT2D eigenvalue weighted by Gasteiger charge is -2.22. The minimum Gasteiger partial charge on any atom is -0.507 e. The van der Waals surface area contributed by atoms with E-state index in [1.807, 2.05) is 0 Å². The third-order valence-electron chi connectivity index (χ3n) is 4.12. The summed E-state index contributed by atoms with van der Waals surface area (Å²) in [4.78, 5) is 34.8. The number of anilines is 1. The molecule has 0 bridgehead atoms. The second-order valence-electron chi connectivity index (χ2n) is 5.79. The Morgan fingerprint density at radius 1 is 1.11 bits per heavy atom. The summed E-state index contributed by atoms with van der Waals surface area (Å²) in [5, 5.41) is 19.7. The maximum absolute atomic E-state index is 12.8. The summed E-state index contributed by atoms with van der Waals surface area (Å²) in [6.45, 7) is 1.76. The van der Waals surface area contributed by atoms with E-state index in [1.165, 1.54) is 28.6 Å².